The van der Waals surface area contributed by atoms with E-state index in [-0.39, 0.29) is 17.9 Å². The molecule has 2 aromatic carbocycles. The Morgan fingerprint density at radius 3 is 2.45 bits per heavy atom. The van der Waals surface area contributed by atoms with Crippen LogP contribution < -0.4 is 10.2 Å². The molecule has 0 bridgehead atoms. The van der Waals surface area contributed by atoms with E-state index in [9.17, 15) is 13.2 Å². The first-order chi connectivity index (χ1) is 14.0. The summed E-state index contributed by atoms with van der Waals surface area (Å²) in [5.41, 5.74) is 1.59. The van der Waals surface area contributed by atoms with Gasteiger partial charge in [0.25, 0.3) is 0 Å². The zero-order chi connectivity index (χ0) is 20.9. The summed E-state index contributed by atoms with van der Waals surface area (Å²) in [6.45, 7) is 0.932. The van der Waals surface area contributed by atoms with Crippen molar-refractivity contribution in [2.24, 2.45) is 5.92 Å². The van der Waals surface area contributed by atoms with Crippen molar-refractivity contribution < 1.29 is 23.2 Å². The number of ether oxygens (including phenoxy) is 1. The topological polar surface area (TPSA) is 95.9 Å². The fraction of sp³-hybridized carbons (Fsp3) is 0.286. The van der Waals surface area contributed by atoms with Gasteiger partial charge >= 0.3 is 0 Å². The Balaban J connectivity index is 1.81. The van der Waals surface area contributed by atoms with Crippen LogP contribution in [0.15, 0.2) is 59.5 Å². The molecule has 2 N–H and O–H groups in total. The number of hydroxylamine groups is 1. The third kappa shape index (κ3) is 4.77. The fourth-order valence-corrected chi connectivity index (χ4v) is 5.40. The van der Waals surface area contributed by atoms with Crippen LogP contribution in [0.25, 0.3) is 0 Å². The van der Waals surface area contributed by atoms with E-state index in [1.807, 2.05) is 23.1 Å². The van der Waals surface area contributed by atoms with E-state index >= 15 is 0 Å². The van der Waals surface area contributed by atoms with Gasteiger partial charge in [0.2, 0.25) is 5.91 Å². The van der Waals surface area contributed by atoms with Crippen LogP contribution in [-0.2, 0) is 14.6 Å². The van der Waals surface area contributed by atoms with Crippen LogP contribution in [-0.4, -0.2) is 49.3 Å². The minimum atomic E-state index is -3.80. The molecule has 152 valence electrons. The van der Waals surface area contributed by atoms with Gasteiger partial charge in [0.1, 0.15) is 11.5 Å². The maximum Gasteiger partial charge on any atom is 0.249 e. The standard InChI is InChI=1S/C21H22N2O5S/c1-2-13-23-14-12-20(19(15-23)21(24)22-25)29(26,27)18-10-8-17(9-11-18)28-16-6-4-3-5-7-16/h1,3-11,19-20,25H,12-15H2,(H,22,24). The van der Waals surface area contributed by atoms with E-state index < -0.39 is 26.9 Å². The number of benzene rings is 2. The summed E-state index contributed by atoms with van der Waals surface area (Å²) in [6, 6.07) is 15.2. The number of terminal acetylenes is 1. The Bertz CT molecular complexity index is 984. The lowest BCUT2D eigenvalue weighted by Gasteiger charge is -2.36. The molecule has 1 fully saturated rings. The molecule has 0 radical (unpaired) electrons. The normalized spacial score (nSPS) is 19.9. The summed E-state index contributed by atoms with van der Waals surface area (Å²) in [4.78, 5) is 14.1. The molecule has 1 aliphatic heterocycles. The summed E-state index contributed by atoms with van der Waals surface area (Å²) in [6.07, 6.45) is 5.56. The van der Waals surface area contributed by atoms with Gasteiger partial charge in [0.05, 0.1) is 22.6 Å². The average molecular weight is 414 g/mol. The summed E-state index contributed by atoms with van der Waals surface area (Å²) < 4.78 is 32.1. The van der Waals surface area contributed by atoms with Crippen LogP contribution >= 0.6 is 0 Å². The first kappa shape index (κ1) is 20.9. The van der Waals surface area contributed by atoms with Crippen molar-refractivity contribution in [2.75, 3.05) is 19.6 Å². The summed E-state index contributed by atoms with van der Waals surface area (Å²) in [7, 11) is -3.80. The molecule has 2 atom stereocenters. The lowest BCUT2D eigenvalue weighted by Crippen LogP contribution is -2.52. The highest BCUT2D eigenvalue weighted by Crippen LogP contribution is 2.30. The number of amides is 1. The van der Waals surface area contributed by atoms with Gasteiger partial charge in [0.15, 0.2) is 9.84 Å². The van der Waals surface area contributed by atoms with Crippen molar-refractivity contribution in [1.29, 1.82) is 0 Å². The molecule has 1 amide bonds. The molecule has 7 nitrogen and oxygen atoms in total. The van der Waals surface area contributed by atoms with Crippen LogP contribution in [0.4, 0.5) is 0 Å². The highest BCUT2D eigenvalue weighted by atomic mass is 32.2. The zero-order valence-electron chi connectivity index (χ0n) is 15.7. The molecule has 0 saturated carbocycles. The van der Waals surface area contributed by atoms with Crippen LogP contribution in [0.5, 0.6) is 11.5 Å². The van der Waals surface area contributed by atoms with Crippen molar-refractivity contribution >= 4 is 15.7 Å². The molecule has 29 heavy (non-hydrogen) atoms. The number of rotatable bonds is 6. The van der Waals surface area contributed by atoms with E-state index in [1.165, 1.54) is 12.1 Å². The Labute approximate surface area is 170 Å². The zero-order valence-corrected chi connectivity index (χ0v) is 16.5. The van der Waals surface area contributed by atoms with Gasteiger partial charge in [0, 0.05) is 13.1 Å². The fourth-order valence-electron chi connectivity index (χ4n) is 3.47. The number of nitrogens with one attached hydrogen (secondary N) is 1. The third-order valence-electron chi connectivity index (χ3n) is 4.93. The molecule has 0 spiro atoms. The maximum atomic E-state index is 13.2. The van der Waals surface area contributed by atoms with Gasteiger partial charge in [-0.25, -0.2) is 13.9 Å². The van der Waals surface area contributed by atoms with Gasteiger partial charge in [-0.3, -0.25) is 14.9 Å². The number of hydrogen-bond donors (Lipinski definition) is 2. The van der Waals surface area contributed by atoms with Crippen molar-refractivity contribution in [2.45, 2.75) is 16.6 Å². The number of carbonyl (C=O) groups is 1. The van der Waals surface area contributed by atoms with Gasteiger partial charge in [-0.05, 0) is 42.8 Å². The lowest BCUT2D eigenvalue weighted by atomic mass is 9.96. The van der Waals surface area contributed by atoms with Gasteiger partial charge in [-0.2, -0.15) is 0 Å². The Morgan fingerprint density at radius 1 is 1.17 bits per heavy atom. The van der Waals surface area contributed by atoms with Crippen molar-refractivity contribution in [3.8, 4) is 23.8 Å². The number of piperidine rings is 1. The molecule has 8 heteroatoms. The van der Waals surface area contributed by atoms with Crippen LogP contribution in [0.1, 0.15) is 6.42 Å². The molecule has 1 heterocycles. The van der Waals surface area contributed by atoms with Crippen LogP contribution in [0.2, 0.25) is 0 Å². The number of likely N-dealkylation sites (tertiary alicyclic amines) is 1. The molecule has 2 aromatic rings. The van der Waals surface area contributed by atoms with E-state index in [0.29, 0.717) is 24.6 Å². The van der Waals surface area contributed by atoms with E-state index in [2.05, 4.69) is 5.92 Å². The first-order valence-corrected chi connectivity index (χ1v) is 10.7. The molecule has 1 aliphatic rings. The second-order valence-corrected chi connectivity index (χ2v) is 8.95. The summed E-state index contributed by atoms with van der Waals surface area (Å²) >= 11 is 0. The smallest absolute Gasteiger partial charge is 0.249 e. The van der Waals surface area contributed by atoms with E-state index in [1.54, 1.807) is 29.7 Å². The number of para-hydroxylation sites is 1. The minimum Gasteiger partial charge on any atom is -0.457 e. The highest BCUT2D eigenvalue weighted by molar-refractivity contribution is 7.92. The molecule has 3 rings (SSSR count). The molecular formula is C21H22N2O5S. The Kier molecular flexibility index (Phi) is 6.54. The number of nitrogens with zero attached hydrogens (tertiary/aromatic N) is 1. The van der Waals surface area contributed by atoms with E-state index in [4.69, 9.17) is 16.4 Å². The molecule has 0 aromatic heterocycles. The predicted octanol–water partition coefficient (Wildman–Crippen LogP) is 2.08. The second kappa shape index (κ2) is 9.09. The van der Waals surface area contributed by atoms with Gasteiger partial charge < -0.3 is 4.74 Å². The molecule has 0 aliphatic carbocycles. The van der Waals surface area contributed by atoms with Crippen molar-refractivity contribution in [3.05, 3.63) is 54.6 Å². The van der Waals surface area contributed by atoms with Crippen LogP contribution in [0.3, 0.4) is 0 Å². The van der Waals surface area contributed by atoms with Crippen LogP contribution in [0, 0.1) is 18.3 Å². The van der Waals surface area contributed by atoms with E-state index in [0.717, 1.165) is 0 Å². The Morgan fingerprint density at radius 2 is 1.83 bits per heavy atom. The highest BCUT2D eigenvalue weighted by Gasteiger charge is 2.42. The second-order valence-electron chi connectivity index (χ2n) is 6.78. The predicted molar refractivity (Wildman–Crippen MR) is 107 cm³/mol. The minimum absolute atomic E-state index is 0.101. The van der Waals surface area contributed by atoms with Crippen molar-refractivity contribution in [3.63, 3.8) is 0 Å². The largest absolute Gasteiger partial charge is 0.457 e. The monoisotopic (exact) mass is 414 g/mol. The quantitative estimate of drug-likeness (QED) is 0.427. The average Bonchev–Trinajstić information content (AvgIpc) is 2.74. The Hall–Kier alpha value is -2.86. The number of carbonyl (C=O) groups excluding carboxylic acids is 1. The molecule has 2 unspecified atom stereocenters. The SMILES string of the molecule is C#CCN1CCC(S(=O)(=O)c2ccc(Oc3ccccc3)cc2)C(C(=O)NO)C1. The summed E-state index contributed by atoms with van der Waals surface area (Å²) in [5, 5.41) is 8.11. The lowest BCUT2D eigenvalue weighted by molar-refractivity contribution is -0.134. The number of sulfone groups is 1. The summed E-state index contributed by atoms with van der Waals surface area (Å²) in [5.74, 6) is 1.98. The third-order valence-corrected chi connectivity index (χ3v) is 7.22. The van der Waals surface area contributed by atoms with Gasteiger partial charge in [-0.1, -0.05) is 24.1 Å². The van der Waals surface area contributed by atoms with Gasteiger partial charge in [-0.15, -0.1) is 6.42 Å². The molecule has 1 saturated heterocycles. The first-order valence-electron chi connectivity index (χ1n) is 9.12. The molecular weight excluding hydrogens is 392 g/mol. The maximum absolute atomic E-state index is 13.2. The van der Waals surface area contributed by atoms with Crippen molar-refractivity contribution in [1.82, 2.24) is 10.4 Å². The number of hydrogen-bond acceptors (Lipinski definition) is 6.